The molecule has 94 valence electrons. The third kappa shape index (κ3) is 1.99. The van der Waals surface area contributed by atoms with Gasteiger partial charge in [-0.3, -0.25) is 4.90 Å². The van der Waals surface area contributed by atoms with E-state index in [4.69, 9.17) is 9.26 Å². The van der Waals surface area contributed by atoms with Crippen molar-refractivity contribution in [2.45, 2.75) is 32.5 Å². The molecule has 17 heavy (non-hydrogen) atoms. The van der Waals surface area contributed by atoms with Crippen LogP contribution in [0.15, 0.2) is 4.52 Å². The molecule has 0 aromatic carbocycles. The van der Waals surface area contributed by atoms with Crippen LogP contribution in [0.2, 0.25) is 0 Å². The number of nitrogens with zero attached hydrogens (tertiary/aromatic N) is 2. The van der Waals surface area contributed by atoms with Gasteiger partial charge in [-0.2, -0.15) is 0 Å². The number of hydrogen-bond acceptors (Lipinski definition) is 5. The van der Waals surface area contributed by atoms with Gasteiger partial charge in [-0.25, -0.2) is 0 Å². The first-order valence-electron chi connectivity index (χ1n) is 6.21. The molecular weight excluding hydrogens is 218 g/mol. The maximum atomic E-state index is 5.63. The van der Waals surface area contributed by atoms with Gasteiger partial charge in [0, 0.05) is 37.3 Å². The second kappa shape index (κ2) is 4.40. The van der Waals surface area contributed by atoms with E-state index in [1.807, 2.05) is 13.8 Å². The molecule has 1 aromatic heterocycles. The number of fused-ring (bicyclic) bond motifs is 2. The quantitative estimate of drug-likeness (QED) is 0.810. The van der Waals surface area contributed by atoms with Crippen LogP contribution in [0.4, 0.5) is 0 Å². The zero-order valence-corrected chi connectivity index (χ0v) is 10.4. The molecular formula is C12H19N3O2. The number of nitrogens with one attached hydrogen (secondary N) is 1. The van der Waals surface area contributed by atoms with Crippen LogP contribution < -0.4 is 5.32 Å². The summed E-state index contributed by atoms with van der Waals surface area (Å²) in [6, 6.07) is 0.965. The Labute approximate surface area is 101 Å². The fourth-order valence-electron chi connectivity index (χ4n) is 2.77. The van der Waals surface area contributed by atoms with Crippen LogP contribution in [-0.4, -0.2) is 48.4 Å². The molecule has 2 saturated heterocycles. The molecule has 2 fully saturated rings. The van der Waals surface area contributed by atoms with Gasteiger partial charge in [-0.1, -0.05) is 5.16 Å². The summed E-state index contributed by atoms with van der Waals surface area (Å²) in [5.41, 5.74) is 2.25. The molecule has 2 unspecified atom stereocenters. The molecule has 0 saturated carbocycles. The Kier molecular flexibility index (Phi) is 2.90. The third-order valence-electron chi connectivity index (χ3n) is 3.84. The van der Waals surface area contributed by atoms with Gasteiger partial charge in [-0.15, -0.1) is 0 Å². The summed E-state index contributed by atoms with van der Waals surface area (Å²) < 4.78 is 10.9. The second-order valence-corrected chi connectivity index (χ2v) is 4.98. The first-order valence-corrected chi connectivity index (χ1v) is 6.21. The Hall–Kier alpha value is -0.910. The lowest BCUT2D eigenvalue weighted by Gasteiger charge is -2.46. The maximum Gasteiger partial charge on any atom is 0.138 e. The number of rotatable bonds is 2. The van der Waals surface area contributed by atoms with Crippen molar-refractivity contribution in [1.29, 1.82) is 0 Å². The van der Waals surface area contributed by atoms with E-state index < -0.39 is 0 Å². The fraction of sp³-hybridized carbons (Fsp3) is 0.750. The van der Waals surface area contributed by atoms with Gasteiger partial charge >= 0.3 is 0 Å². The van der Waals surface area contributed by atoms with Crippen molar-refractivity contribution in [3.8, 4) is 0 Å². The Morgan fingerprint density at radius 3 is 2.59 bits per heavy atom. The number of aryl methyl sites for hydroxylation is 2. The number of piperazine rings is 1. The molecule has 3 rings (SSSR count). The van der Waals surface area contributed by atoms with Crippen LogP contribution in [0, 0.1) is 13.8 Å². The van der Waals surface area contributed by atoms with E-state index in [2.05, 4.69) is 15.4 Å². The molecule has 5 nitrogen and oxygen atoms in total. The minimum atomic E-state index is 0.483. The number of morpholine rings is 1. The average molecular weight is 237 g/mol. The van der Waals surface area contributed by atoms with Gasteiger partial charge < -0.3 is 14.6 Å². The highest BCUT2D eigenvalue weighted by Crippen LogP contribution is 2.22. The molecule has 0 spiro atoms. The van der Waals surface area contributed by atoms with E-state index in [0.717, 1.165) is 44.3 Å². The number of aromatic nitrogens is 1. The summed E-state index contributed by atoms with van der Waals surface area (Å²) in [5, 5.41) is 7.49. The summed E-state index contributed by atoms with van der Waals surface area (Å²) in [7, 11) is 0. The van der Waals surface area contributed by atoms with Gasteiger partial charge in [0.25, 0.3) is 0 Å². The largest absolute Gasteiger partial charge is 0.378 e. The molecule has 0 amide bonds. The summed E-state index contributed by atoms with van der Waals surface area (Å²) in [6.45, 7) is 8.62. The maximum absolute atomic E-state index is 5.63. The molecule has 2 aliphatic rings. The van der Waals surface area contributed by atoms with E-state index in [9.17, 15) is 0 Å². The van der Waals surface area contributed by atoms with Crippen LogP contribution in [0.25, 0.3) is 0 Å². The van der Waals surface area contributed by atoms with E-state index in [1.54, 1.807) is 0 Å². The highest BCUT2D eigenvalue weighted by Gasteiger charge is 2.35. The van der Waals surface area contributed by atoms with Crippen molar-refractivity contribution in [3.05, 3.63) is 17.0 Å². The topological polar surface area (TPSA) is 50.5 Å². The number of ether oxygens (including phenoxy) is 1. The van der Waals surface area contributed by atoms with Crippen LogP contribution in [0.1, 0.15) is 17.0 Å². The monoisotopic (exact) mass is 237 g/mol. The lowest BCUT2D eigenvalue weighted by molar-refractivity contribution is -0.0691. The molecule has 0 radical (unpaired) electrons. The van der Waals surface area contributed by atoms with Gasteiger partial charge in [0.15, 0.2) is 0 Å². The summed E-state index contributed by atoms with van der Waals surface area (Å²) >= 11 is 0. The van der Waals surface area contributed by atoms with Crippen molar-refractivity contribution in [1.82, 2.24) is 15.4 Å². The SMILES string of the molecule is Cc1noc(C)c1CN1C2CNCC1COC2. The summed E-state index contributed by atoms with van der Waals surface area (Å²) in [6.07, 6.45) is 0. The van der Waals surface area contributed by atoms with Crippen molar-refractivity contribution in [2.24, 2.45) is 0 Å². The minimum Gasteiger partial charge on any atom is -0.378 e. The standard InChI is InChI=1S/C12H19N3O2/c1-8-12(9(2)17-14-8)5-15-10-3-13-4-11(15)7-16-6-10/h10-11,13H,3-7H2,1-2H3. The van der Waals surface area contributed by atoms with Gasteiger partial charge in [0.1, 0.15) is 5.76 Å². The summed E-state index contributed by atoms with van der Waals surface area (Å²) in [5.74, 6) is 0.944. The normalized spacial score (nSPS) is 29.5. The highest BCUT2D eigenvalue weighted by molar-refractivity contribution is 5.21. The molecule has 2 bridgehead atoms. The Morgan fingerprint density at radius 2 is 2.00 bits per heavy atom. The van der Waals surface area contributed by atoms with Gasteiger partial charge in [0.05, 0.1) is 18.9 Å². The van der Waals surface area contributed by atoms with Crippen LogP contribution in [-0.2, 0) is 11.3 Å². The van der Waals surface area contributed by atoms with E-state index in [-0.39, 0.29) is 0 Å². The molecule has 2 atom stereocenters. The zero-order chi connectivity index (χ0) is 11.8. The Balaban J connectivity index is 1.80. The summed E-state index contributed by atoms with van der Waals surface area (Å²) in [4.78, 5) is 2.53. The van der Waals surface area contributed by atoms with Crippen LogP contribution >= 0.6 is 0 Å². The molecule has 1 N–H and O–H groups in total. The molecule has 3 heterocycles. The van der Waals surface area contributed by atoms with Crippen molar-refractivity contribution < 1.29 is 9.26 Å². The fourth-order valence-corrected chi connectivity index (χ4v) is 2.77. The highest BCUT2D eigenvalue weighted by atomic mass is 16.5. The predicted octanol–water partition coefficient (Wildman–Crippen LogP) is 0.464. The lowest BCUT2D eigenvalue weighted by atomic mass is 10.0. The average Bonchev–Trinajstić information content (AvgIpc) is 2.60. The predicted molar refractivity (Wildman–Crippen MR) is 62.8 cm³/mol. The van der Waals surface area contributed by atoms with Gasteiger partial charge in [0.2, 0.25) is 0 Å². The smallest absolute Gasteiger partial charge is 0.138 e. The Morgan fingerprint density at radius 1 is 1.29 bits per heavy atom. The Bertz CT molecular complexity index is 363. The molecule has 5 heteroatoms. The third-order valence-corrected chi connectivity index (χ3v) is 3.84. The van der Waals surface area contributed by atoms with E-state index in [0.29, 0.717) is 12.1 Å². The minimum absolute atomic E-state index is 0.483. The van der Waals surface area contributed by atoms with E-state index in [1.165, 1.54) is 5.56 Å². The van der Waals surface area contributed by atoms with Crippen molar-refractivity contribution in [3.63, 3.8) is 0 Å². The lowest BCUT2D eigenvalue weighted by Crippen LogP contribution is -2.63. The molecule has 0 aliphatic carbocycles. The molecule has 1 aromatic rings. The first kappa shape index (κ1) is 11.2. The second-order valence-electron chi connectivity index (χ2n) is 4.98. The van der Waals surface area contributed by atoms with Crippen molar-refractivity contribution in [2.75, 3.05) is 26.3 Å². The van der Waals surface area contributed by atoms with E-state index >= 15 is 0 Å². The van der Waals surface area contributed by atoms with Crippen LogP contribution in [0.5, 0.6) is 0 Å². The van der Waals surface area contributed by atoms with Crippen molar-refractivity contribution >= 4 is 0 Å². The van der Waals surface area contributed by atoms with Gasteiger partial charge in [-0.05, 0) is 13.8 Å². The molecule has 2 aliphatic heterocycles. The first-order chi connectivity index (χ1) is 8.25. The number of hydrogen-bond donors (Lipinski definition) is 1. The zero-order valence-electron chi connectivity index (χ0n) is 10.4. The van der Waals surface area contributed by atoms with Crippen LogP contribution in [0.3, 0.4) is 0 Å².